The van der Waals surface area contributed by atoms with Crippen molar-refractivity contribution in [1.29, 1.82) is 0 Å². The van der Waals surface area contributed by atoms with Crippen LogP contribution in [0, 0.1) is 5.82 Å². The van der Waals surface area contributed by atoms with Gasteiger partial charge in [-0.25, -0.2) is 4.39 Å². The van der Waals surface area contributed by atoms with Gasteiger partial charge >= 0.3 is 0 Å². The third kappa shape index (κ3) is 3.38. The smallest absolute Gasteiger partial charge is 0.132 e. The second kappa shape index (κ2) is 6.87. The fourth-order valence-electron chi connectivity index (χ4n) is 2.30. The summed E-state index contributed by atoms with van der Waals surface area (Å²) in [4.78, 5) is 0. The van der Waals surface area contributed by atoms with Crippen LogP contribution in [0.25, 0.3) is 11.1 Å². The number of benzene rings is 2. The number of rotatable bonds is 5. The van der Waals surface area contributed by atoms with Gasteiger partial charge in [0.1, 0.15) is 5.82 Å². The molecule has 0 aliphatic rings. The Hall–Kier alpha value is -1.38. The van der Waals surface area contributed by atoms with Gasteiger partial charge < -0.3 is 5.32 Å². The van der Waals surface area contributed by atoms with Crippen LogP contribution in [0.4, 0.5) is 4.39 Å². The summed E-state index contributed by atoms with van der Waals surface area (Å²) in [6.07, 6.45) is 1.07. The largest absolute Gasteiger partial charge is 0.310 e. The minimum Gasteiger partial charge on any atom is -0.310 e. The van der Waals surface area contributed by atoms with E-state index in [0.717, 1.165) is 24.1 Å². The molecule has 2 aromatic rings. The molecule has 1 atom stereocenters. The van der Waals surface area contributed by atoms with Crippen LogP contribution in [0.3, 0.4) is 0 Å². The summed E-state index contributed by atoms with van der Waals surface area (Å²) >= 11 is 5.82. The summed E-state index contributed by atoms with van der Waals surface area (Å²) in [7, 11) is 0. The molecule has 0 bridgehead atoms. The predicted molar refractivity (Wildman–Crippen MR) is 83.6 cm³/mol. The highest BCUT2D eigenvalue weighted by Gasteiger charge is 2.13. The van der Waals surface area contributed by atoms with E-state index in [4.69, 9.17) is 11.6 Å². The number of hydrogen-bond acceptors (Lipinski definition) is 1. The zero-order valence-electron chi connectivity index (χ0n) is 11.8. The van der Waals surface area contributed by atoms with Crippen LogP contribution < -0.4 is 5.32 Å². The second-order valence-corrected chi connectivity index (χ2v) is 5.32. The van der Waals surface area contributed by atoms with Crippen molar-refractivity contribution in [3.8, 4) is 11.1 Å². The molecule has 1 nitrogen and oxygen atoms in total. The molecule has 0 aliphatic heterocycles. The van der Waals surface area contributed by atoms with Crippen LogP contribution in [0.15, 0.2) is 42.5 Å². The molecule has 0 aliphatic carbocycles. The van der Waals surface area contributed by atoms with E-state index in [-0.39, 0.29) is 11.9 Å². The van der Waals surface area contributed by atoms with Gasteiger partial charge in [-0.1, -0.05) is 42.8 Å². The molecule has 106 valence electrons. The maximum atomic E-state index is 14.1. The summed E-state index contributed by atoms with van der Waals surface area (Å²) in [5.41, 5.74) is 2.61. The Morgan fingerprint density at radius 1 is 1.15 bits per heavy atom. The molecular formula is C17H19ClFN. The Morgan fingerprint density at radius 2 is 1.90 bits per heavy atom. The van der Waals surface area contributed by atoms with Gasteiger partial charge in [-0.05, 0) is 49.2 Å². The number of hydrogen-bond donors (Lipinski definition) is 1. The molecule has 3 heteroatoms. The topological polar surface area (TPSA) is 12.0 Å². The first-order chi connectivity index (χ1) is 9.63. The lowest BCUT2D eigenvalue weighted by Gasteiger charge is -2.18. The van der Waals surface area contributed by atoms with E-state index in [1.54, 1.807) is 12.1 Å². The first kappa shape index (κ1) is 15.0. The van der Waals surface area contributed by atoms with Crippen molar-refractivity contribution in [3.05, 3.63) is 58.9 Å². The number of halogens is 2. The standard InChI is InChI=1S/C17H19ClFN/c1-3-10-20-12(2)14-6-4-5-7-15(14)16-9-8-13(18)11-17(16)19/h4-9,11-12,20H,3,10H2,1-2H3. The first-order valence-electron chi connectivity index (χ1n) is 6.91. The van der Waals surface area contributed by atoms with Crippen molar-refractivity contribution in [3.63, 3.8) is 0 Å². The van der Waals surface area contributed by atoms with Gasteiger partial charge in [-0.3, -0.25) is 0 Å². The van der Waals surface area contributed by atoms with Crippen molar-refractivity contribution in [2.45, 2.75) is 26.3 Å². The van der Waals surface area contributed by atoms with E-state index in [1.807, 2.05) is 24.3 Å². The van der Waals surface area contributed by atoms with Gasteiger partial charge in [0, 0.05) is 16.6 Å². The second-order valence-electron chi connectivity index (χ2n) is 4.89. The van der Waals surface area contributed by atoms with E-state index in [1.165, 1.54) is 6.07 Å². The quantitative estimate of drug-likeness (QED) is 0.797. The molecular weight excluding hydrogens is 273 g/mol. The minimum atomic E-state index is -0.285. The third-order valence-corrected chi connectivity index (χ3v) is 3.58. The monoisotopic (exact) mass is 291 g/mol. The van der Waals surface area contributed by atoms with Crippen molar-refractivity contribution in [1.82, 2.24) is 5.32 Å². The molecule has 20 heavy (non-hydrogen) atoms. The Kier molecular flexibility index (Phi) is 5.16. The van der Waals surface area contributed by atoms with Crippen LogP contribution in [0.5, 0.6) is 0 Å². The van der Waals surface area contributed by atoms with E-state index in [2.05, 4.69) is 19.2 Å². The van der Waals surface area contributed by atoms with Gasteiger partial charge in [0.2, 0.25) is 0 Å². The molecule has 0 saturated carbocycles. The lowest BCUT2D eigenvalue weighted by Crippen LogP contribution is -2.19. The van der Waals surface area contributed by atoms with E-state index >= 15 is 0 Å². The molecule has 0 spiro atoms. The molecule has 0 aromatic heterocycles. The minimum absolute atomic E-state index is 0.182. The Bertz CT molecular complexity index is 583. The van der Waals surface area contributed by atoms with Crippen molar-refractivity contribution in [2.24, 2.45) is 0 Å². The van der Waals surface area contributed by atoms with Gasteiger partial charge in [0.05, 0.1) is 0 Å². The predicted octanol–water partition coefficient (Wildman–Crippen LogP) is 5.21. The zero-order valence-corrected chi connectivity index (χ0v) is 12.5. The molecule has 1 unspecified atom stereocenters. The number of nitrogens with one attached hydrogen (secondary N) is 1. The van der Waals surface area contributed by atoms with Gasteiger partial charge in [-0.15, -0.1) is 0 Å². The van der Waals surface area contributed by atoms with E-state index in [0.29, 0.717) is 10.6 Å². The van der Waals surface area contributed by atoms with Crippen LogP contribution in [-0.2, 0) is 0 Å². The maximum absolute atomic E-state index is 14.1. The lowest BCUT2D eigenvalue weighted by molar-refractivity contribution is 0.571. The van der Waals surface area contributed by atoms with Crippen LogP contribution >= 0.6 is 11.6 Å². The normalized spacial score (nSPS) is 12.4. The highest BCUT2D eigenvalue weighted by molar-refractivity contribution is 6.30. The molecule has 0 saturated heterocycles. The SMILES string of the molecule is CCCNC(C)c1ccccc1-c1ccc(Cl)cc1F. The molecule has 1 N–H and O–H groups in total. The summed E-state index contributed by atoms with van der Waals surface area (Å²) in [6, 6.07) is 12.9. The maximum Gasteiger partial charge on any atom is 0.132 e. The fourth-order valence-corrected chi connectivity index (χ4v) is 2.46. The van der Waals surface area contributed by atoms with Gasteiger partial charge in [0.15, 0.2) is 0 Å². The van der Waals surface area contributed by atoms with Gasteiger partial charge in [0.25, 0.3) is 0 Å². The van der Waals surface area contributed by atoms with Crippen molar-refractivity contribution in [2.75, 3.05) is 6.54 Å². The van der Waals surface area contributed by atoms with Crippen LogP contribution in [-0.4, -0.2) is 6.54 Å². The Labute approximate surface area is 124 Å². The third-order valence-electron chi connectivity index (χ3n) is 3.35. The summed E-state index contributed by atoms with van der Waals surface area (Å²) in [6.45, 7) is 5.17. The molecule has 0 heterocycles. The van der Waals surface area contributed by atoms with E-state index in [9.17, 15) is 4.39 Å². The highest BCUT2D eigenvalue weighted by Crippen LogP contribution is 2.31. The Morgan fingerprint density at radius 3 is 2.60 bits per heavy atom. The van der Waals surface area contributed by atoms with Crippen molar-refractivity contribution < 1.29 is 4.39 Å². The average molecular weight is 292 g/mol. The molecule has 0 radical (unpaired) electrons. The van der Waals surface area contributed by atoms with Crippen LogP contribution in [0.2, 0.25) is 5.02 Å². The Balaban J connectivity index is 2.41. The van der Waals surface area contributed by atoms with Crippen molar-refractivity contribution >= 4 is 11.6 Å². The van der Waals surface area contributed by atoms with Gasteiger partial charge in [-0.2, -0.15) is 0 Å². The molecule has 2 rings (SSSR count). The highest BCUT2D eigenvalue weighted by atomic mass is 35.5. The lowest BCUT2D eigenvalue weighted by atomic mass is 9.95. The molecule has 2 aromatic carbocycles. The average Bonchev–Trinajstić information content (AvgIpc) is 2.45. The molecule has 0 amide bonds. The van der Waals surface area contributed by atoms with E-state index < -0.39 is 0 Å². The summed E-state index contributed by atoms with van der Waals surface area (Å²) in [5, 5.41) is 3.86. The summed E-state index contributed by atoms with van der Waals surface area (Å²) in [5.74, 6) is -0.285. The zero-order chi connectivity index (χ0) is 14.5. The summed E-state index contributed by atoms with van der Waals surface area (Å²) < 4.78 is 14.1. The van der Waals surface area contributed by atoms with Crippen LogP contribution in [0.1, 0.15) is 31.9 Å². The molecule has 0 fully saturated rings. The first-order valence-corrected chi connectivity index (χ1v) is 7.29. The fraction of sp³-hybridized carbons (Fsp3) is 0.294.